The number of furan rings is 1. The van der Waals surface area contributed by atoms with Crippen LogP contribution < -0.4 is 68.6 Å². The van der Waals surface area contributed by atoms with Crippen molar-refractivity contribution in [1.82, 2.24) is 0 Å². The molecule has 5 aliphatic rings. The van der Waals surface area contributed by atoms with Crippen molar-refractivity contribution in [2.75, 3.05) is 14.7 Å². The van der Waals surface area contributed by atoms with Crippen molar-refractivity contribution in [2.24, 2.45) is 0 Å². The minimum atomic E-state index is -0.134. The van der Waals surface area contributed by atoms with E-state index in [0.717, 1.165) is 67.6 Å². The fourth-order valence-corrected chi connectivity index (χ4v) is 14.4. The molecule has 0 saturated heterocycles. The fourth-order valence-electron chi connectivity index (χ4n) is 14.4. The lowest BCUT2D eigenvalue weighted by molar-refractivity contribution is 0.487. The number of hydrogen-bond acceptors (Lipinski definition) is 5. The molecule has 0 radical (unpaired) electrons. The van der Waals surface area contributed by atoms with Crippen LogP contribution in [-0.2, 0) is 0 Å². The number of fused-ring (bicyclic) bond motifs is 16. The minimum Gasteiger partial charge on any atom is -0.458 e. The molecule has 77 heavy (non-hydrogen) atoms. The smallest absolute Gasteiger partial charge is 0.257 e. The minimum absolute atomic E-state index is 0.0570. The summed E-state index contributed by atoms with van der Waals surface area (Å²) in [5, 5.41) is 2.27. The van der Waals surface area contributed by atoms with E-state index in [0.29, 0.717) is 17.8 Å². The number of hydrogen-bond donors (Lipinski definition) is 0. The van der Waals surface area contributed by atoms with Gasteiger partial charge in [0.25, 0.3) is 20.1 Å². The molecular weight excluding hydrogens is 935 g/mol. The predicted molar refractivity (Wildman–Crippen MR) is 327 cm³/mol. The maximum absolute atomic E-state index is 7.29. The van der Waals surface area contributed by atoms with Crippen molar-refractivity contribution in [2.45, 2.75) is 59.3 Å². The second-order valence-electron chi connectivity index (χ2n) is 22.8. The molecule has 10 aromatic carbocycles. The molecule has 0 N–H and O–H groups in total. The molecular formula is C69H54B3N3O2. The molecule has 5 nitrogen and oxygen atoms in total. The largest absolute Gasteiger partial charge is 0.458 e. The molecule has 11 aromatic rings. The van der Waals surface area contributed by atoms with Crippen molar-refractivity contribution in [3.05, 3.63) is 217 Å². The Bertz CT molecular complexity index is 4270. The van der Waals surface area contributed by atoms with Crippen LogP contribution in [0, 0.1) is 0 Å². The molecule has 0 saturated carbocycles. The van der Waals surface area contributed by atoms with Gasteiger partial charge in [-0.25, -0.2) is 0 Å². The molecule has 1 aromatic heterocycles. The normalized spacial score (nSPS) is 14.1. The second kappa shape index (κ2) is 16.4. The van der Waals surface area contributed by atoms with Crippen LogP contribution in [0.3, 0.4) is 0 Å². The first-order valence-electron chi connectivity index (χ1n) is 27.7. The number of para-hydroxylation sites is 6. The van der Waals surface area contributed by atoms with Crippen molar-refractivity contribution < 1.29 is 9.15 Å². The topological polar surface area (TPSA) is 32.1 Å². The predicted octanol–water partition coefficient (Wildman–Crippen LogP) is 12.3. The molecule has 0 bridgehead atoms. The summed E-state index contributed by atoms with van der Waals surface area (Å²) < 4.78 is 14.4. The first-order chi connectivity index (χ1) is 37.7. The molecule has 0 amide bonds. The van der Waals surface area contributed by atoms with Gasteiger partial charge in [-0.2, -0.15) is 0 Å². The first kappa shape index (κ1) is 44.7. The highest BCUT2D eigenvalue weighted by atomic mass is 16.5. The fraction of sp³-hybridized carbons (Fsp3) is 0.130. The van der Waals surface area contributed by atoms with Crippen molar-refractivity contribution >= 4 is 142 Å². The Labute approximate surface area is 451 Å². The van der Waals surface area contributed by atoms with E-state index in [4.69, 9.17) is 9.15 Å². The molecule has 0 atom stereocenters. The van der Waals surface area contributed by atoms with E-state index in [2.05, 4.69) is 256 Å². The van der Waals surface area contributed by atoms with Crippen LogP contribution in [0.15, 0.2) is 205 Å². The van der Waals surface area contributed by atoms with E-state index in [1.807, 2.05) is 0 Å². The van der Waals surface area contributed by atoms with Gasteiger partial charge in [-0.3, -0.25) is 0 Å². The molecule has 0 unspecified atom stereocenters. The van der Waals surface area contributed by atoms with Crippen molar-refractivity contribution in [3.8, 4) is 11.5 Å². The molecule has 6 heterocycles. The average molecular weight is 990 g/mol. The quantitative estimate of drug-likeness (QED) is 0.155. The maximum Gasteiger partial charge on any atom is 0.257 e. The summed E-state index contributed by atoms with van der Waals surface area (Å²) in [4.78, 5) is 7.69. The van der Waals surface area contributed by atoms with E-state index < -0.39 is 0 Å². The Balaban J connectivity index is 1.05. The molecule has 8 heteroatoms. The van der Waals surface area contributed by atoms with Gasteiger partial charge < -0.3 is 23.9 Å². The zero-order valence-electron chi connectivity index (χ0n) is 44.2. The van der Waals surface area contributed by atoms with E-state index >= 15 is 0 Å². The van der Waals surface area contributed by atoms with Gasteiger partial charge >= 0.3 is 0 Å². The van der Waals surface area contributed by atoms with E-state index in [-0.39, 0.29) is 20.1 Å². The van der Waals surface area contributed by atoms with Gasteiger partial charge in [0.15, 0.2) is 0 Å². The Morgan fingerprint density at radius 3 is 1.58 bits per heavy atom. The van der Waals surface area contributed by atoms with Gasteiger partial charge in [-0.1, -0.05) is 174 Å². The Morgan fingerprint density at radius 2 is 0.909 bits per heavy atom. The van der Waals surface area contributed by atoms with Crippen LogP contribution in [0.4, 0.5) is 51.2 Å². The maximum atomic E-state index is 7.29. The summed E-state index contributed by atoms with van der Waals surface area (Å²) in [6.07, 6.45) is 0. The SMILES string of the molecule is CC(C)c1cc(C(C)C)c(B2c3ccccc3Oc3cc4c(cc32)B2c3ccccc3N3c5ccc6c(oc7ccccc76)c5B5c6ccccc6N(c6ccccc6)c6cc(c2c3c65)N4c2ccccc2)c(C(C)C)c1. The Kier molecular flexibility index (Phi) is 9.54. The van der Waals surface area contributed by atoms with Crippen LogP contribution in [0.5, 0.6) is 11.5 Å². The Morgan fingerprint density at radius 1 is 0.351 bits per heavy atom. The lowest BCUT2D eigenvalue weighted by Crippen LogP contribution is -2.69. The molecule has 16 rings (SSSR count). The molecule has 0 aliphatic carbocycles. The summed E-state index contributed by atoms with van der Waals surface area (Å²) in [5.41, 5.74) is 28.0. The highest BCUT2D eigenvalue weighted by Crippen LogP contribution is 2.51. The lowest BCUT2D eigenvalue weighted by atomic mass is 9.28. The zero-order valence-corrected chi connectivity index (χ0v) is 44.2. The van der Waals surface area contributed by atoms with Gasteiger partial charge in [-0.15, -0.1) is 0 Å². The van der Waals surface area contributed by atoms with Crippen LogP contribution in [-0.4, -0.2) is 20.1 Å². The molecule has 366 valence electrons. The zero-order chi connectivity index (χ0) is 51.5. The number of rotatable bonds is 6. The summed E-state index contributed by atoms with van der Waals surface area (Å²) >= 11 is 0. The monoisotopic (exact) mass is 989 g/mol. The standard InChI is InChI=1S/C69H54B3N3O2/c1-40(2)43-35-48(41(3)4)64(49(36-43)42(5)6)71-52-28-16-20-32-62(52)76-63-39-58-53(37-54(63)71)70-50-26-14-18-30-56(50)75-57-34-33-47-46-25-13-19-31-61(46)77-69(47)67(57)72-51-27-15-17-29-55(51)73(44-21-9-7-10-22-44)60-38-59(65(70)68(75)66(60)72)74(58)45-23-11-8-12-24-45/h7-42H,1-6H3. The van der Waals surface area contributed by atoms with E-state index in [1.54, 1.807) is 0 Å². The molecule has 0 fully saturated rings. The van der Waals surface area contributed by atoms with Crippen LogP contribution >= 0.6 is 0 Å². The third-order valence-corrected chi connectivity index (χ3v) is 17.7. The van der Waals surface area contributed by atoms with E-state index in [1.165, 1.54) is 82.9 Å². The van der Waals surface area contributed by atoms with Crippen LogP contribution in [0.25, 0.3) is 21.9 Å². The second-order valence-corrected chi connectivity index (χ2v) is 22.8. The number of ether oxygens (including phenoxy) is 1. The van der Waals surface area contributed by atoms with Gasteiger partial charge in [0.2, 0.25) is 0 Å². The number of benzene rings is 10. The Hall–Kier alpha value is -8.61. The summed E-state index contributed by atoms with van der Waals surface area (Å²) in [6.45, 7) is 13.8. The number of nitrogens with zero attached hydrogens (tertiary/aromatic N) is 3. The summed E-state index contributed by atoms with van der Waals surface area (Å²) in [5.74, 6) is 2.85. The van der Waals surface area contributed by atoms with Gasteiger partial charge in [-0.05, 0) is 145 Å². The van der Waals surface area contributed by atoms with Gasteiger partial charge in [0.05, 0.1) is 0 Å². The van der Waals surface area contributed by atoms with Gasteiger partial charge in [0.1, 0.15) is 22.7 Å². The lowest BCUT2D eigenvalue weighted by Gasteiger charge is -2.51. The average Bonchev–Trinajstić information content (AvgIpc) is 2.72. The van der Waals surface area contributed by atoms with Crippen LogP contribution in [0.1, 0.15) is 76.0 Å². The van der Waals surface area contributed by atoms with Gasteiger partial charge in [0, 0.05) is 68.0 Å². The van der Waals surface area contributed by atoms with Crippen LogP contribution in [0.2, 0.25) is 0 Å². The van der Waals surface area contributed by atoms with Crippen molar-refractivity contribution in [3.63, 3.8) is 0 Å². The number of anilines is 9. The first-order valence-corrected chi connectivity index (χ1v) is 27.7. The summed E-state index contributed by atoms with van der Waals surface area (Å²) in [7, 11) is 0. The summed E-state index contributed by atoms with van der Waals surface area (Å²) in [6, 6.07) is 74.9. The van der Waals surface area contributed by atoms with Crippen molar-refractivity contribution in [1.29, 1.82) is 0 Å². The highest BCUT2D eigenvalue weighted by Gasteiger charge is 2.53. The third-order valence-electron chi connectivity index (χ3n) is 17.7. The van der Waals surface area contributed by atoms with E-state index in [9.17, 15) is 0 Å². The highest BCUT2D eigenvalue weighted by molar-refractivity contribution is 7.06. The molecule has 5 aliphatic heterocycles. The molecule has 0 spiro atoms. The third kappa shape index (κ3) is 6.15.